The molecule has 0 amide bonds. The number of halogens is 1. The van der Waals surface area contributed by atoms with Crippen LogP contribution in [0.15, 0.2) is 24.3 Å². The average molecular weight is 200 g/mol. The highest BCUT2D eigenvalue weighted by atomic mass is 35.5. The predicted octanol–water partition coefficient (Wildman–Crippen LogP) is 2.46. The van der Waals surface area contributed by atoms with E-state index in [0.717, 1.165) is 5.75 Å². The van der Waals surface area contributed by atoms with Crippen LogP contribution in [0.3, 0.4) is 0 Å². The van der Waals surface area contributed by atoms with Gasteiger partial charge in [0.05, 0.1) is 0 Å². The van der Waals surface area contributed by atoms with E-state index < -0.39 is 0 Å². The molecule has 0 aliphatic carbocycles. The van der Waals surface area contributed by atoms with Gasteiger partial charge in [0, 0.05) is 10.6 Å². The Kier molecular flexibility index (Phi) is 3.17. The normalized spacial score (nSPS) is 11.4. The number of hydrogen-bond acceptors (Lipinski definition) is 2. The van der Waals surface area contributed by atoms with Crippen molar-refractivity contribution in [3.05, 3.63) is 29.3 Å². The maximum atomic E-state index is 5.76. The van der Waals surface area contributed by atoms with E-state index in [9.17, 15) is 0 Å². The molecule has 2 N–H and O–H groups in total. The van der Waals surface area contributed by atoms with Crippen molar-refractivity contribution in [2.24, 2.45) is 5.73 Å². The van der Waals surface area contributed by atoms with Crippen LogP contribution in [-0.4, -0.2) is 12.1 Å². The second-order valence-electron chi connectivity index (χ2n) is 3.73. The monoisotopic (exact) mass is 199 g/mol. The Balaban J connectivity index is 2.51. The van der Waals surface area contributed by atoms with Crippen LogP contribution in [0.25, 0.3) is 0 Å². The first-order valence-electron chi connectivity index (χ1n) is 4.15. The molecule has 0 atom stereocenters. The molecular formula is C10H14ClNO. The van der Waals surface area contributed by atoms with Crippen molar-refractivity contribution in [2.75, 3.05) is 6.61 Å². The van der Waals surface area contributed by atoms with E-state index in [-0.39, 0.29) is 5.54 Å². The first-order chi connectivity index (χ1) is 5.97. The third kappa shape index (κ3) is 4.15. The smallest absolute Gasteiger partial charge is 0.119 e. The van der Waals surface area contributed by atoms with Gasteiger partial charge in [0.2, 0.25) is 0 Å². The van der Waals surface area contributed by atoms with E-state index in [2.05, 4.69) is 0 Å². The van der Waals surface area contributed by atoms with Gasteiger partial charge in [-0.2, -0.15) is 0 Å². The fraction of sp³-hybridized carbons (Fsp3) is 0.400. The molecule has 0 saturated carbocycles. The summed E-state index contributed by atoms with van der Waals surface area (Å²) in [6.45, 7) is 4.33. The number of nitrogens with two attached hydrogens (primary N) is 1. The van der Waals surface area contributed by atoms with Gasteiger partial charge in [-0.3, -0.25) is 0 Å². The summed E-state index contributed by atoms with van der Waals surface area (Å²) in [5, 5.41) is 0.708. The van der Waals surface area contributed by atoms with Crippen LogP contribution in [0.2, 0.25) is 5.02 Å². The topological polar surface area (TPSA) is 35.2 Å². The zero-order chi connectivity index (χ0) is 9.90. The van der Waals surface area contributed by atoms with Crippen molar-refractivity contribution in [1.82, 2.24) is 0 Å². The van der Waals surface area contributed by atoms with Crippen molar-refractivity contribution in [3.8, 4) is 5.75 Å². The lowest BCUT2D eigenvalue weighted by molar-refractivity contribution is 0.243. The molecule has 0 unspecified atom stereocenters. The Morgan fingerprint density at radius 1 is 1.31 bits per heavy atom. The molecule has 0 radical (unpaired) electrons. The molecule has 1 aromatic rings. The molecule has 0 fully saturated rings. The molecule has 2 nitrogen and oxygen atoms in total. The first kappa shape index (κ1) is 10.4. The standard InChI is InChI=1S/C10H14ClNO/c1-10(2,12)7-13-9-5-3-8(11)4-6-9/h3-6H,7,12H2,1-2H3. The largest absolute Gasteiger partial charge is 0.492 e. The van der Waals surface area contributed by atoms with Crippen LogP contribution in [0.1, 0.15) is 13.8 Å². The lowest BCUT2D eigenvalue weighted by atomic mass is 10.1. The highest BCUT2D eigenvalue weighted by Crippen LogP contribution is 2.16. The molecule has 0 bridgehead atoms. The fourth-order valence-corrected chi connectivity index (χ4v) is 0.926. The minimum atomic E-state index is -0.306. The van der Waals surface area contributed by atoms with Crippen LogP contribution in [0, 0.1) is 0 Å². The maximum Gasteiger partial charge on any atom is 0.119 e. The number of benzene rings is 1. The minimum absolute atomic E-state index is 0.306. The zero-order valence-corrected chi connectivity index (χ0v) is 8.64. The summed E-state index contributed by atoms with van der Waals surface area (Å²) >= 11 is 5.72. The predicted molar refractivity (Wildman–Crippen MR) is 55.2 cm³/mol. The molecule has 3 heteroatoms. The molecule has 0 aliphatic heterocycles. The van der Waals surface area contributed by atoms with Crippen LogP contribution < -0.4 is 10.5 Å². The summed E-state index contributed by atoms with van der Waals surface area (Å²) in [4.78, 5) is 0. The van der Waals surface area contributed by atoms with Gasteiger partial charge < -0.3 is 10.5 Å². The molecule has 0 saturated heterocycles. The lowest BCUT2D eigenvalue weighted by Crippen LogP contribution is -2.38. The number of hydrogen-bond donors (Lipinski definition) is 1. The lowest BCUT2D eigenvalue weighted by Gasteiger charge is -2.18. The average Bonchev–Trinajstić information content (AvgIpc) is 2.02. The van der Waals surface area contributed by atoms with Crippen molar-refractivity contribution in [3.63, 3.8) is 0 Å². The highest BCUT2D eigenvalue weighted by Gasteiger charge is 2.10. The summed E-state index contributed by atoms with van der Waals surface area (Å²) < 4.78 is 5.44. The summed E-state index contributed by atoms with van der Waals surface area (Å²) in [5.41, 5.74) is 5.46. The second-order valence-corrected chi connectivity index (χ2v) is 4.17. The first-order valence-corrected chi connectivity index (χ1v) is 4.52. The molecule has 0 aliphatic rings. The molecule has 1 rings (SSSR count). The SMILES string of the molecule is CC(C)(N)COc1ccc(Cl)cc1. The van der Waals surface area contributed by atoms with Gasteiger partial charge in [0.25, 0.3) is 0 Å². The van der Waals surface area contributed by atoms with Crippen molar-refractivity contribution in [1.29, 1.82) is 0 Å². The van der Waals surface area contributed by atoms with E-state index in [1.807, 2.05) is 26.0 Å². The third-order valence-corrected chi connectivity index (χ3v) is 1.68. The van der Waals surface area contributed by atoms with Gasteiger partial charge >= 0.3 is 0 Å². The number of ether oxygens (including phenoxy) is 1. The van der Waals surface area contributed by atoms with Gasteiger partial charge in [-0.1, -0.05) is 11.6 Å². The fourth-order valence-electron chi connectivity index (χ4n) is 0.800. The van der Waals surface area contributed by atoms with Gasteiger partial charge in [0.15, 0.2) is 0 Å². The molecule has 72 valence electrons. The van der Waals surface area contributed by atoms with Crippen LogP contribution in [-0.2, 0) is 0 Å². The summed E-state index contributed by atoms with van der Waals surface area (Å²) in [5.74, 6) is 0.794. The molecule has 0 aromatic heterocycles. The van der Waals surface area contributed by atoms with E-state index in [1.54, 1.807) is 12.1 Å². The van der Waals surface area contributed by atoms with E-state index in [1.165, 1.54) is 0 Å². The third-order valence-electron chi connectivity index (χ3n) is 1.42. The molecular weight excluding hydrogens is 186 g/mol. The zero-order valence-electron chi connectivity index (χ0n) is 7.88. The summed E-state index contributed by atoms with van der Waals surface area (Å²) in [7, 11) is 0. The van der Waals surface area contributed by atoms with Crippen molar-refractivity contribution in [2.45, 2.75) is 19.4 Å². The molecule has 1 aromatic carbocycles. The van der Waals surface area contributed by atoms with Crippen molar-refractivity contribution < 1.29 is 4.74 Å². The van der Waals surface area contributed by atoms with E-state index in [0.29, 0.717) is 11.6 Å². The van der Waals surface area contributed by atoms with E-state index >= 15 is 0 Å². The molecule has 0 heterocycles. The van der Waals surface area contributed by atoms with Crippen LogP contribution in [0.4, 0.5) is 0 Å². The highest BCUT2D eigenvalue weighted by molar-refractivity contribution is 6.30. The van der Waals surface area contributed by atoms with Crippen LogP contribution in [0.5, 0.6) is 5.75 Å². The quantitative estimate of drug-likeness (QED) is 0.812. The summed E-state index contributed by atoms with van der Waals surface area (Å²) in [6.07, 6.45) is 0. The van der Waals surface area contributed by atoms with E-state index in [4.69, 9.17) is 22.1 Å². The Bertz CT molecular complexity index is 263. The number of rotatable bonds is 3. The minimum Gasteiger partial charge on any atom is -0.492 e. The second kappa shape index (κ2) is 3.99. The molecule has 13 heavy (non-hydrogen) atoms. The van der Waals surface area contributed by atoms with Gasteiger partial charge in [-0.05, 0) is 38.1 Å². The maximum absolute atomic E-state index is 5.76. The Hall–Kier alpha value is -0.730. The van der Waals surface area contributed by atoms with Gasteiger partial charge in [-0.25, -0.2) is 0 Å². The summed E-state index contributed by atoms with van der Waals surface area (Å²) in [6, 6.07) is 7.24. The van der Waals surface area contributed by atoms with Gasteiger partial charge in [0.1, 0.15) is 12.4 Å². The Morgan fingerprint density at radius 2 is 1.85 bits per heavy atom. The Labute approximate surface area is 83.6 Å². The van der Waals surface area contributed by atoms with Crippen molar-refractivity contribution >= 4 is 11.6 Å². The van der Waals surface area contributed by atoms with Crippen LogP contribution >= 0.6 is 11.6 Å². The Morgan fingerprint density at radius 3 is 2.31 bits per heavy atom. The van der Waals surface area contributed by atoms with Gasteiger partial charge in [-0.15, -0.1) is 0 Å². The molecule has 0 spiro atoms.